The second-order valence-electron chi connectivity index (χ2n) is 8.06. The molecular weight excluding hydrogens is 412 g/mol. The number of carbonyl (C=O) groups is 5. The lowest BCUT2D eigenvalue weighted by atomic mass is 10.0. The Balaban J connectivity index is 2.89. The highest BCUT2D eigenvalue weighted by Gasteiger charge is 2.34. The Bertz CT molecular complexity index is 676. The number of carbonyl (C=O) groups excluding carboxylic acids is 3. The molecule has 0 aromatic rings. The molecule has 0 aliphatic carbocycles. The van der Waals surface area contributed by atoms with Gasteiger partial charge in [0.1, 0.15) is 18.1 Å². The number of aliphatic carboxylic acids is 2. The van der Waals surface area contributed by atoms with Gasteiger partial charge in [0.15, 0.2) is 0 Å². The fourth-order valence-corrected chi connectivity index (χ4v) is 3.18. The van der Waals surface area contributed by atoms with Crippen molar-refractivity contribution in [1.29, 1.82) is 0 Å². The van der Waals surface area contributed by atoms with Crippen molar-refractivity contribution in [2.75, 3.05) is 6.54 Å². The molecule has 3 amide bonds. The maximum Gasteiger partial charge on any atom is 0.326 e. The molecular formula is C19H32N4O8. The molecule has 1 heterocycles. The Kier molecular flexibility index (Phi) is 10.4. The summed E-state index contributed by atoms with van der Waals surface area (Å²) in [7, 11) is 0. The molecule has 1 saturated heterocycles. The third-order valence-electron chi connectivity index (χ3n) is 4.77. The van der Waals surface area contributed by atoms with Gasteiger partial charge in [-0.2, -0.15) is 0 Å². The normalized spacial score (nSPS) is 19.7. The summed E-state index contributed by atoms with van der Waals surface area (Å²) in [6.45, 7) is 5.43. The van der Waals surface area contributed by atoms with Crippen molar-refractivity contribution in [2.24, 2.45) is 5.92 Å². The van der Waals surface area contributed by atoms with E-state index in [1.54, 1.807) is 13.8 Å². The van der Waals surface area contributed by atoms with Crippen molar-refractivity contribution in [2.45, 2.75) is 76.7 Å². The molecule has 1 rings (SSSR count). The van der Waals surface area contributed by atoms with Crippen LogP contribution in [0.2, 0.25) is 0 Å². The van der Waals surface area contributed by atoms with Gasteiger partial charge >= 0.3 is 11.9 Å². The van der Waals surface area contributed by atoms with E-state index in [2.05, 4.69) is 21.3 Å². The molecule has 12 heteroatoms. The Morgan fingerprint density at radius 1 is 0.968 bits per heavy atom. The van der Waals surface area contributed by atoms with E-state index < -0.39 is 66.4 Å². The number of carboxylic acid groups (broad SMARTS) is 2. The minimum absolute atomic E-state index is 0.0621. The van der Waals surface area contributed by atoms with Gasteiger partial charge in [-0.1, -0.05) is 13.8 Å². The predicted molar refractivity (Wildman–Crippen MR) is 108 cm³/mol. The van der Waals surface area contributed by atoms with Gasteiger partial charge in [0, 0.05) is 0 Å². The van der Waals surface area contributed by atoms with Crippen molar-refractivity contribution < 1.29 is 39.3 Å². The highest BCUT2D eigenvalue weighted by Crippen LogP contribution is 2.08. The molecule has 1 aliphatic heterocycles. The topological polar surface area (TPSA) is 194 Å². The molecule has 0 aromatic carbocycles. The lowest BCUT2D eigenvalue weighted by Gasteiger charge is -2.26. The molecule has 5 unspecified atom stereocenters. The number of rotatable bonds is 12. The Hall–Kier alpha value is -2.73. The molecule has 5 atom stereocenters. The molecule has 1 aliphatic rings. The zero-order chi connectivity index (χ0) is 23.7. The number of aliphatic hydroxyl groups excluding tert-OH is 1. The van der Waals surface area contributed by atoms with Crippen LogP contribution >= 0.6 is 0 Å². The first-order valence-corrected chi connectivity index (χ1v) is 10.2. The minimum Gasteiger partial charge on any atom is -0.481 e. The van der Waals surface area contributed by atoms with E-state index in [-0.39, 0.29) is 12.3 Å². The van der Waals surface area contributed by atoms with Crippen molar-refractivity contribution >= 4 is 29.7 Å². The molecule has 7 N–H and O–H groups in total. The number of hydrogen-bond acceptors (Lipinski definition) is 7. The van der Waals surface area contributed by atoms with E-state index in [1.165, 1.54) is 6.92 Å². The average molecular weight is 444 g/mol. The van der Waals surface area contributed by atoms with E-state index in [1.807, 2.05) is 0 Å². The van der Waals surface area contributed by atoms with Gasteiger partial charge in [-0.3, -0.25) is 19.2 Å². The van der Waals surface area contributed by atoms with Crippen LogP contribution in [0.25, 0.3) is 0 Å². The Labute approximate surface area is 180 Å². The number of hydrogen-bond donors (Lipinski definition) is 7. The van der Waals surface area contributed by atoms with Crippen molar-refractivity contribution in [1.82, 2.24) is 21.3 Å². The summed E-state index contributed by atoms with van der Waals surface area (Å²) in [6, 6.07) is -4.80. The molecule has 0 bridgehead atoms. The van der Waals surface area contributed by atoms with Gasteiger partial charge in [-0.25, -0.2) is 4.79 Å². The van der Waals surface area contributed by atoms with Gasteiger partial charge in [-0.15, -0.1) is 0 Å². The van der Waals surface area contributed by atoms with Crippen LogP contribution in [-0.4, -0.2) is 81.8 Å². The summed E-state index contributed by atoms with van der Waals surface area (Å²) in [5.74, 6) is -5.20. The van der Waals surface area contributed by atoms with Crippen molar-refractivity contribution in [3.63, 3.8) is 0 Å². The Morgan fingerprint density at radius 3 is 2.03 bits per heavy atom. The van der Waals surface area contributed by atoms with E-state index in [9.17, 15) is 34.2 Å². The molecule has 176 valence electrons. The summed E-state index contributed by atoms with van der Waals surface area (Å²) < 4.78 is 0. The zero-order valence-electron chi connectivity index (χ0n) is 17.9. The van der Waals surface area contributed by atoms with Gasteiger partial charge in [0.25, 0.3) is 0 Å². The largest absolute Gasteiger partial charge is 0.481 e. The van der Waals surface area contributed by atoms with Crippen LogP contribution in [0.4, 0.5) is 0 Å². The lowest BCUT2D eigenvalue weighted by molar-refractivity contribution is -0.144. The van der Waals surface area contributed by atoms with Crippen LogP contribution < -0.4 is 21.3 Å². The second-order valence-corrected chi connectivity index (χ2v) is 8.06. The third-order valence-corrected chi connectivity index (χ3v) is 4.77. The van der Waals surface area contributed by atoms with Crippen LogP contribution in [0.15, 0.2) is 0 Å². The molecule has 31 heavy (non-hydrogen) atoms. The van der Waals surface area contributed by atoms with Crippen LogP contribution in [0.1, 0.15) is 46.5 Å². The monoisotopic (exact) mass is 444 g/mol. The predicted octanol–water partition coefficient (Wildman–Crippen LogP) is -1.82. The summed E-state index contributed by atoms with van der Waals surface area (Å²) in [5, 5.41) is 38.1. The first kappa shape index (κ1) is 26.3. The van der Waals surface area contributed by atoms with Gasteiger partial charge in [0.2, 0.25) is 17.7 Å². The van der Waals surface area contributed by atoms with Crippen LogP contribution in [0, 0.1) is 5.92 Å². The first-order valence-electron chi connectivity index (χ1n) is 10.2. The molecule has 12 nitrogen and oxygen atoms in total. The van der Waals surface area contributed by atoms with Crippen LogP contribution in [0.3, 0.4) is 0 Å². The highest BCUT2D eigenvalue weighted by atomic mass is 16.4. The third kappa shape index (κ3) is 8.89. The highest BCUT2D eigenvalue weighted by molar-refractivity contribution is 5.95. The van der Waals surface area contributed by atoms with Gasteiger partial charge in [-0.05, 0) is 38.6 Å². The summed E-state index contributed by atoms with van der Waals surface area (Å²) in [6.07, 6.45) is -0.681. The quantitative estimate of drug-likeness (QED) is 0.181. The SMILES string of the molecule is CC(C)CC(NC(=O)C(CC(=O)O)NC(=O)C(NC(=O)C1CCCN1)C(C)O)C(=O)O. The van der Waals surface area contributed by atoms with Crippen molar-refractivity contribution in [3.05, 3.63) is 0 Å². The number of amides is 3. The van der Waals surface area contributed by atoms with Crippen molar-refractivity contribution in [3.8, 4) is 0 Å². The molecule has 0 saturated carbocycles. The van der Waals surface area contributed by atoms with E-state index in [0.29, 0.717) is 13.0 Å². The number of carboxylic acids is 2. The van der Waals surface area contributed by atoms with Gasteiger partial charge in [0.05, 0.1) is 18.6 Å². The lowest BCUT2D eigenvalue weighted by Crippen LogP contribution is -2.60. The second kappa shape index (κ2) is 12.2. The maximum atomic E-state index is 12.6. The summed E-state index contributed by atoms with van der Waals surface area (Å²) >= 11 is 0. The fraction of sp³-hybridized carbons (Fsp3) is 0.737. The van der Waals surface area contributed by atoms with Gasteiger partial charge < -0.3 is 36.6 Å². The molecule has 0 spiro atoms. The van der Waals surface area contributed by atoms with Crippen LogP contribution in [-0.2, 0) is 24.0 Å². The first-order chi connectivity index (χ1) is 14.4. The van der Waals surface area contributed by atoms with E-state index in [0.717, 1.165) is 6.42 Å². The maximum absolute atomic E-state index is 12.6. The average Bonchev–Trinajstić information content (AvgIpc) is 3.18. The van der Waals surface area contributed by atoms with E-state index >= 15 is 0 Å². The number of aliphatic hydroxyl groups is 1. The standard InChI is InChI=1S/C19H32N4O8/c1-9(2)7-13(19(30)31)22-17(28)12(8-14(25)26)21-18(29)15(10(3)24)23-16(27)11-5-4-6-20-11/h9-13,15,20,24H,4-8H2,1-3H3,(H,21,29)(H,22,28)(H,23,27)(H,25,26)(H,30,31). The molecule has 0 aromatic heterocycles. The molecule has 0 radical (unpaired) electrons. The smallest absolute Gasteiger partial charge is 0.326 e. The van der Waals surface area contributed by atoms with E-state index in [4.69, 9.17) is 5.11 Å². The van der Waals surface area contributed by atoms with Crippen LogP contribution in [0.5, 0.6) is 0 Å². The zero-order valence-corrected chi connectivity index (χ0v) is 17.9. The molecule has 1 fully saturated rings. The summed E-state index contributed by atoms with van der Waals surface area (Å²) in [5.41, 5.74) is 0. The number of nitrogens with one attached hydrogen (secondary N) is 4. The minimum atomic E-state index is -1.60. The fourth-order valence-electron chi connectivity index (χ4n) is 3.18. The summed E-state index contributed by atoms with van der Waals surface area (Å²) in [4.78, 5) is 60.0. The Morgan fingerprint density at radius 2 is 1.58 bits per heavy atom.